The van der Waals surface area contributed by atoms with Gasteiger partial charge in [-0.2, -0.15) is 5.10 Å². The molecular weight excluding hydrogens is 546 g/mol. The number of para-hydroxylation sites is 1. The van der Waals surface area contributed by atoms with E-state index in [1.807, 2.05) is 55.1 Å². The molecule has 3 heterocycles. The molecule has 1 aromatic heterocycles. The summed E-state index contributed by atoms with van der Waals surface area (Å²) in [7, 11) is 0. The molecule has 2 unspecified atom stereocenters. The number of hydrogen-bond acceptors (Lipinski definition) is 6. The van der Waals surface area contributed by atoms with Crippen LogP contribution < -0.4 is 10.6 Å². The van der Waals surface area contributed by atoms with Crippen molar-refractivity contribution >= 4 is 34.6 Å². The van der Waals surface area contributed by atoms with E-state index in [-0.39, 0.29) is 24.2 Å². The van der Waals surface area contributed by atoms with Crippen molar-refractivity contribution < 1.29 is 19.1 Å². The quantitative estimate of drug-likeness (QED) is 0.304. The van der Waals surface area contributed by atoms with Crippen LogP contribution in [0.4, 0.5) is 15.3 Å². The molecule has 0 aliphatic carbocycles. The Morgan fingerprint density at radius 3 is 2.65 bits per heavy atom. The molecule has 4 amide bonds. The Bertz CT molecular complexity index is 1440. The summed E-state index contributed by atoms with van der Waals surface area (Å²) in [4.78, 5) is 45.6. The van der Waals surface area contributed by atoms with E-state index in [1.54, 1.807) is 11.1 Å². The number of nitrogens with one attached hydrogen (secondary N) is 3. The molecule has 5 rings (SSSR count). The highest BCUT2D eigenvalue weighted by molar-refractivity contribution is 5.92. The van der Waals surface area contributed by atoms with Gasteiger partial charge in [0.15, 0.2) is 0 Å². The molecule has 1 fully saturated rings. The van der Waals surface area contributed by atoms with Crippen molar-refractivity contribution in [1.82, 2.24) is 30.2 Å². The minimum atomic E-state index is -0.850. The summed E-state index contributed by atoms with van der Waals surface area (Å²) in [5, 5.41) is 14.1. The fourth-order valence-electron chi connectivity index (χ4n) is 6.16. The number of aryl methyl sites for hydroxylation is 1. The molecule has 11 heteroatoms. The topological polar surface area (TPSA) is 123 Å². The number of amides is 4. The Labute approximate surface area is 252 Å². The van der Waals surface area contributed by atoms with Crippen molar-refractivity contribution in [3.63, 3.8) is 0 Å². The number of benzene rings is 2. The summed E-state index contributed by atoms with van der Waals surface area (Å²) < 4.78 is 5.86. The van der Waals surface area contributed by atoms with Gasteiger partial charge in [0.25, 0.3) is 0 Å². The number of esters is 1. The summed E-state index contributed by atoms with van der Waals surface area (Å²) in [5.74, 6) is -0.448. The first-order chi connectivity index (χ1) is 20.7. The number of anilines is 1. The van der Waals surface area contributed by atoms with Gasteiger partial charge < -0.3 is 30.1 Å². The summed E-state index contributed by atoms with van der Waals surface area (Å²) in [5.41, 5.74) is 4.83. The van der Waals surface area contributed by atoms with E-state index in [4.69, 9.17) is 4.74 Å². The van der Waals surface area contributed by atoms with Gasteiger partial charge in [-0.15, -0.1) is 0 Å². The first-order valence-electron chi connectivity index (χ1n) is 15.3. The van der Waals surface area contributed by atoms with Gasteiger partial charge in [-0.25, -0.2) is 14.4 Å². The van der Waals surface area contributed by atoms with Gasteiger partial charge in [-0.1, -0.05) is 38.1 Å². The van der Waals surface area contributed by atoms with Gasteiger partial charge in [0, 0.05) is 49.7 Å². The summed E-state index contributed by atoms with van der Waals surface area (Å²) in [6, 6.07) is 10.6. The molecule has 2 aliphatic heterocycles. The van der Waals surface area contributed by atoms with Crippen LogP contribution in [0.5, 0.6) is 0 Å². The van der Waals surface area contributed by atoms with Gasteiger partial charge in [0.2, 0.25) is 0 Å². The normalized spacial score (nSPS) is 17.0. The van der Waals surface area contributed by atoms with Gasteiger partial charge in [0.05, 0.1) is 11.7 Å². The number of aromatic nitrogens is 2. The molecule has 0 saturated carbocycles. The van der Waals surface area contributed by atoms with E-state index in [1.165, 1.54) is 0 Å². The number of nitrogens with zero attached hydrogens (tertiary/aromatic N) is 4. The Balaban J connectivity index is 1.24. The van der Waals surface area contributed by atoms with Gasteiger partial charge >= 0.3 is 18.0 Å². The lowest BCUT2D eigenvalue weighted by molar-refractivity contribution is -0.151. The predicted molar refractivity (Wildman–Crippen MR) is 166 cm³/mol. The molecule has 2 aromatic carbocycles. The van der Waals surface area contributed by atoms with Crippen molar-refractivity contribution in [2.24, 2.45) is 0 Å². The molecule has 2 aliphatic rings. The van der Waals surface area contributed by atoms with Crippen molar-refractivity contribution in [2.45, 2.75) is 71.7 Å². The average molecular weight is 590 g/mol. The largest absolute Gasteiger partial charge is 0.460 e. The zero-order valence-corrected chi connectivity index (χ0v) is 25.6. The Kier molecular flexibility index (Phi) is 9.49. The van der Waals surface area contributed by atoms with Crippen LogP contribution in [0.15, 0.2) is 42.6 Å². The highest BCUT2D eigenvalue weighted by atomic mass is 16.5. The monoisotopic (exact) mass is 589 g/mol. The van der Waals surface area contributed by atoms with Crippen molar-refractivity contribution in [3.8, 4) is 0 Å². The number of urea groups is 2. The van der Waals surface area contributed by atoms with E-state index in [0.29, 0.717) is 45.4 Å². The molecule has 0 radical (unpaired) electrons. The molecule has 230 valence electrons. The lowest BCUT2D eigenvalue weighted by Crippen LogP contribution is -2.55. The summed E-state index contributed by atoms with van der Waals surface area (Å²) >= 11 is 0. The van der Waals surface area contributed by atoms with Gasteiger partial charge in [0.1, 0.15) is 12.1 Å². The molecule has 1 saturated heterocycles. The second kappa shape index (κ2) is 13.5. The number of likely N-dealkylation sites (tertiary alicyclic amines) is 1. The number of fused-ring (bicyclic) bond motifs is 2. The Hall–Kier alpha value is -4.12. The minimum Gasteiger partial charge on any atom is -0.460 e. The Morgan fingerprint density at radius 1 is 1.16 bits per heavy atom. The zero-order valence-electron chi connectivity index (χ0n) is 25.6. The van der Waals surface area contributed by atoms with E-state index < -0.39 is 12.0 Å². The molecule has 2 atom stereocenters. The number of aromatic amines is 1. The Morgan fingerprint density at radius 2 is 1.91 bits per heavy atom. The third-order valence-corrected chi connectivity index (χ3v) is 8.61. The average Bonchev–Trinajstić information content (AvgIpc) is 3.48. The second-order valence-electron chi connectivity index (χ2n) is 11.6. The van der Waals surface area contributed by atoms with Crippen LogP contribution in [-0.2, 0) is 22.5 Å². The van der Waals surface area contributed by atoms with Crippen LogP contribution in [0.3, 0.4) is 0 Å². The maximum Gasteiger partial charge on any atom is 0.329 e. The molecular formula is C32H43N7O4. The highest BCUT2D eigenvalue weighted by Gasteiger charge is 2.34. The third kappa shape index (κ3) is 7.10. The van der Waals surface area contributed by atoms with Crippen molar-refractivity contribution in [1.29, 1.82) is 0 Å². The van der Waals surface area contributed by atoms with Crippen LogP contribution in [0, 0.1) is 6.92 Å². The van der Waals surface area contributed by atoms with Crippen LogP contribution in [0.2, 0.25) is 0 Å². The molecule has 11 nitrogen and oxygen atoms in total. The van der Waals surface area contributed by atoms with Gasteiger partial charge in [-0.05, 0) is 68.6 Å². The van der Waals surface area contributed by atoms with E-state index in [9.17, 15) is 14.4 Å². The molecule has 43 heavy (non-hydrogen) atoms. The SMILES string of the molecule is CCN(CC)CC(C)OC(=O)C(Cc1cc(C)c2[nH]ncc2c1)NC(=O)N1CCC(N2Cc3ccccc3NC2=O)CC1. The number of carbonyl (C=O) groups excluding carboxylic acids is 3. The first kappa shape index (κ1) is 30.3. The van der Waals surface area contributed by atoms with Crippen molar-refractivity contribution in [3.05, 3.63) is 59.3 Å². The van der Waals surface area contributed by atoms with E-state index in [2.05, 4.69) is 39.6 Å². The molecule has 0 spiro atoms. The predicted octanol–water partition coefficient (Wildman–Crippen LogP) is 4.28. The second-order valence-corrected chi connectivity index (χ2v) is 11.6. The summed E-state index contributed by atoms with van der Waals surface area (Å²) in [6.45, 7) is 11.9. The number of hydrogen-bond donors (Lipinski definition) is 3. The fraction of sp³-hybridized carbons (Fsp3) is 0.500. The van der Waals surface area contributed by atoms with E-state index in [0.717, 1.165) is 46.4 Å². The summed E-state index contributed by atoms with van der Waals surface area (Å²) in [6.07, 6.45) is 3.07. The lowest BCUT2D eigenvalue weighted by atomic mass is 10.0. The fourth-order valence-corrected chi connectivity index (χ4v) is 6.16. The number of likely N-dealkylation sites (N-methyl/N-ethyl adjacent to an activating group) is 1. The lowest BCUT2D eigenvalue weighted by Gasteiger charge is -2.40. The van der Waals surface area contributed by atoms with Crippen LogP contribution in [-0.4, -0.2) is 93.8 Å². The number of H-pyrrole nitrogens is 1. The highest BCUT2D eigenvalue weighted by Crippen LogP contribution is 2.28. The van der Waals surface area contributed by atoms with Crippen molar-refractivity contribution in [2.75, 3.05) is 38.0 Å². The smallest absolute Gasteiger partial charge is 0.329 e. The van der Waals surface area contributed by atoms with E-state index >= 15 is 0 Å². The van der Waals surface area contributed by atoms with Crippen LogP contribution >= 0.6 is 0 Å². The third-order valence-electron chi connectivity index (χ3n) is 8.61. The maximum absolute atomic E-state index is 13.5. The number of piperidine rings is 1. The maximum atomic E-state index is 13.5. The first-order valence-corrected chi connectivity index (χ1v) is 15.3. The number of carbonyl (C=O) groups is 3. The van der Waals surface area contributed by atoms with Crippen LogP contribution in [0.25, 0.3) is 10.9 Å². The molecule has 3 N–H and O–H groups in total. The van der Waals surface area contributed by atoms with Crippen LogP contribution in [0.1, 0.15) is 50.3 Å². The molecule has 3 aromatic rings. The standard InChI is InChI=1S/C32H43N7O4/c1-5-37(6-2)19-22(4)43-30(40)28(17-23-15-21(3)29-25(16-23)18-33-36-29)35-31(41)38-13-11-26(12-14-38)39-20-24-9-7-8-10-27(24)34-32(39)42/h7-10,15-16,18,22,26,28H,5-6,11-14,17,19-20H2,1-4H3,(H,33,36)(H,34,42)(H,35,41). The number of ether oxygens (including phenoxy) is 1. The number of rotatable bonds is 10. The minimum absolute atomic E-state index is 0.0313. The molecule has 0 bridgehead atoms. The van der Waals surface area contributed by atoms with Gasteiger partial charge in [-0.3, -0.25) is 5.10 Å². The zero-order chi connectivity index (χ0) is 30.5.